The fourth-order valence-electron chi connectivity index (χ4n) is 3.77. The van der Waals surface area contributed by atoms with Gasteiger partial charge in [0.05, 0.1) is 21.7 Å². The quantitative estimate of drug-likeness (QED) is 0.825. The average Bonchev–Trinajstić information content (AvgIpc) is 3.15. The van der Waals surface area contributed by atoms with E-state index in [4.69, 9.17) is 11.6 Å². The Kier molecular flexibility index (Phi) is 3.05. The first-order chi connectivity index (χ1) is 10.1. The minimum absolute atomic E-state index is 0.0910. The van der Waals surface area contributed by atoms with Crippen LogP contribution in [0.4, 0.5) is 5.82 Å². The lowest BCUT2D eigenvalue weighted by molar-refractivity contribution is 0.418. The van der Waals surface area contributed by atoms with E-state index in [0.717, 1.165) is 41.1 Å². The molecule has 110 valence electrons. The summed E-state index contributed by atoms with van der Waals surface area (Å²) in [5, 5.41) is 8.73. The van der Waals surface area contributed by atoms with Crippen LogP contribution in [0.5, 0.6) is 0 Å². The van der Waals surface area contributed by atoms with Gasteiger partial charge in [0.25, 0.3) is 0 Å². The summed E-state index contributed by atoms with van der Waals surface area (Å²) in [5.41, 5.74) is 2.49. The van der Waals surface area contributed by atoms with Crippen LogP contribution in [0.25, 0.3) is 0 Å². The molecule has 1 aliphatic carbocycles. The van der Waals surface area contributed by atoms with Gasteiger partial charge in [0.15, 0.2) is 0 Å². The lowest BCUT2D eigenvalue weighted by atomic mass is 9.81. The Bertz CT molecular complexity index is 714. The second kappa shape index (κ2) is 4.71. The Labute approximate surface area is 137 Å². The van der Waals surface area contributed by atoms with Crippen molar-refractivity contribution in [3.8, 4) is 0 Å². The molecule has 1 saturated carbocycles. The normalized spacial score (nSPS) is 27.1. The molecule has 3 heterocycles. The van der Waals surface area contributed by atoms with Gasteiger partial charge in [-0.25, -0.2) is 4.98 Å². The summed E-state index contributed by atoms with van der Waals surface area (Å²) in [6, 6.07) is 0.446. The molecule has 0 radical (unpaired) electrons. The summed E-state index contributed by atoms with van der Waals surface area (Å²) in [6.07, 6.45) is 9.15. The van der Waals surface area contributed by atoms with Crippen molar-refractivity contribution in [2.45, 2.75) is 37.6 Å². The third-order valence-electron chi connectivity index (χ3n) is 4.78. The van der Waals surface area contributed by atoms with E-state index in [-0.39, 0.29) is 5.41 Å². The van der Waals surface area contributed by atoms with Crippen molar-refractivity contribution >= 4 is 33.3 Å². The zero-order valence-electron chi connectivity index (χ0n) is 11.7. The van der Waals surface area contributed by atoms with E-state index in [1.807, 2.05) is 6.20 Å². The molecule has 2 aromatic rings. The van der Waals surface area contributed by atoms with Crippen molar-refractivity contribution in [1.29, 1.82) is 0 Å². The van der Waals surface area contributed by atoms with E-state index < -0.39 is 0 Å². The Morgan fingerprint density at radius 1 is 1.48 bits per heavy atom. The van der Waals surface area contributed by atoms with Gasteiger partial charge in [-0.15, -0.1) is 0 Å². The molecule has 2 atom stereocenters. The van der Waals surface area contributed by atoms with Crippen LogP contribution < -0.4 is 5.32 Å². The zero-order valence-corrected chi connectivity index (χ0v) is 14.1. The first kappa shape index (κ1) is 13.6. The standard InChI is InChI=1S/C15H16BrClN4/c1-9-5-20-21(7-9)10-2-3-15(4-10)8-19-14-12(15)13(17)11(16)6-18-14/h5-7,10H,2-4,8H2,1H3,(H,18,19). The van der Waals surface area contributed by atoms with Gasteiger partial charge in [0.2, 0.25) is 0 Å². The molecule has 2 aromatic heterocycles. The summed E-state index contributed by atoms with van der Waals surface area (Å²) in [7, 11) is 0. The van der Waals surface area contributed by atoms with Gasteiger partial charge in [-0.3, -0.25) is 4.68 Å². The summed E-state index contributed by atoms with van der Waals surface area (Å²) in [5.74, 6) is 0.945. The van der Waals surface area contributed by atoms with Gasteiger partial charge in [-0.05, 0) is 47.7 Å². The molecule has 4 rings (SSSR count). The number of rotatable bonds is 1. The predicted octanol–water partition coefficient (Wildman–Crippen LogP) is 4.09. The molecular weight excluding hydrogens is 352 g/mol. The van der Waals surface area contributed by atoms with E-state index in [1.54, 1.807) is 6.20 Å². The third-order valence-corrected chi connectivity index (χ3v) is 6.01. The first-order valence-electron chi connectivity index (χ1n) is 7.18. The Balaban J connectivity index is 1.72. The molecule has 0 saturated heterocycles. The molecule has 6 heteroatoms. The SMILES string of the molecule is Cc1cnn(C2CCC3(CNc4ncc(Br)c(Cl)c43)C2)c1. The number of nitrogens with zero attached hydrogens (tertiary/aromatic N) is 3. The Morgan fingerprint density at radius 2 is 2.33 bits per heavy atom. The van der Waals surface area contributed by atoms with Crippen LogP contribution in [0.1, 0.15) is 36.4 Å². The fourth-order valence-corrected chi connectivity index (χ4v) is 4.41. The van der Waals surface area contributed by atoms with Crippen LogP contribution in [0, 0.1) is 6.92 Å². The number of aromatic nitrogens is 3. The van der Waals surface area contributed by atoms with Crippen molar-refractivity contribution in [1.82, 2.24) is 14.8 Å². The molecule has 0 bridgehead atoms. The summed E-state index contributed by atoms with van der Waals surface area (Å²) >= 11 is 10.1. The average molecular weight is 368 g/mol. The number of fused-ring (bicyclic) bond motifs is 2. The molecule has 2 aliphatic rings. The van der Waals surface area contributed by atoms with E-state index in [0.29, 0.717) is 6.04 Å². The Morgan fingerprint density at radius 3 is 3.10 bits per heavy atom. The minimum atomic E-state index is 0.0910. The maximum Gasteiger partial charge on any atom is 0.131 e. The summed E-state index contributed by atoms with van der Waals surface area (Å²) in [6.45, 7) is 3.00. The van der Waals surface area contributed by atoms with Gasteiger partial charge in [0, 0.05) is 29.9 Å². The largest absolute Gasteiger partial charge is 0.369 e. The van der Waals surface area contributed by atoms with Crippen molar-refractivity contribution in [3.05, 3.63) is 39.2 Å². The van der Waals surface area contributed by atoms with Crippen LogP contribution in [-0.4, -0.2) is 21.3 Å². The van der Waals surface area contributed by atoms with E-state index in [1.165, 1.54) is 11.1 Å². The first-order valence-corrected chi connectivity index (χ1v) is 8.35. The molecule has 1 aliphatic heterocycles. The number of nitrogens with one attached hydrogen (secondary N) is 1. The second-order valence-electron chi connectivity index (χ2n) is 6.17. The Hall–Kier alpha value is -1.07. The van der Waals surface area contributed by atoms with Gasteiger partial charge >= 0.3 is 0 Å². The van der Waals surface area contributed by atoms with Crippen molar-refractivity contribution in [2.24, 2.45) is 0 Å². The van der Waals surface area contributed by atoms with Crippen LogP contribution in [0.2, 0.25) is 5.02 Å². The number of hydrogen-bond donors (Lipinski definition) is 1. The molecule has 0 amide bonds. The molecule has 4 nitrogen and oxygen atoms in total. The summed E-state index contributed by atoms with van der Waals surface area (Å²) < 4.78 is 2.99. The minimum Gasteiger partial charge on any atom is -0.369 e. The predicted molar refractivity (Wildman–Crippen MR) is 87.0 cm³/mol. The van der Waals surface area contributed by atoms with E-state index >= 15 is 0 Å². The molecule has 1 spiro atoms. The zero-order chi connectivity index (χ0) is 14.6. The van der Waals surface area contributed by atoms with Crippen molar-refractivity contribution < 1.29 is 0 Å². The molecular formula is C15H16BrClN4. The molecule has 21 heavy (non-hydrogen) atoms. The van der Waals surface area contributed by atoms with Crippen molar-refractivity contribution in [2.75, 3.05) is 11.9 Å². The van der Waals surface area contributed by atoms with Gasteiger partial charge in [0.1, 0.15) is 5.82 Å². The smallest absolute Gasteiger partial charge is 0.131 e. The maximum atomic E-state index is 6.56. The second-order valence-corrected chi connectivity index (χ2v) is 7.40. The maximum absolute atomic E-state index is 6.56. The highest BCUT2D eigenvalue weighted by Crippen LogP contribution is 2.54. The number of pyridine rings is 1. The van der Waals surface area contributed by atoms with Gasteiger partial charge < -0.3 is 5.32 Å². The lowest BCUT2D eigenvalue weighted by Gasteiger charge is -2.24. The molecule has 1 fully saturated rings. The number of halogens is 2. The van der Waals surface area contributed by atoms with Gasteiger partial charge in [-0.2, -0.15) is 5.10 Å². The number of hydrogen-bond acceptors (Lipinski definition) is 3. The van der Waals surface area contributed by atoms with Crippen molar-refractivity contribution in [3.63, 3.8) is 0 Å². The highest BCUT2D eigenvalue weighted by atomic mass is 79.9. The molecule has 1 N–H and O–H groups in total. The highest BCUT2D eigenvalue weighted by Gasteiger charge is 2.47. The van der Waals surface area contributed by atoms with E-state index in [2.05, 4.69) is 49.1 Å². The van der Waals surface area contributed by atoms with E-state index in [9.17, 15) is 0 Å². The molecule has 0 aromatic carbocycles. The van der Waals surface area contributed by atoms with Crippen LogP contribution in [0.15, 0.2) is 23.1 Å². The van der Waals surface area contributed by atoms with Gasteiger partial charge in [-0.1, -0.05) is 11.6 Å². The third kappa shape index (κ3) is 2.01. The molecule has 2 unspecified atom stereocenters. The highest BCUT2D eigenvalue weighted by molar-refractivity contribution is 9.10. The van der Waals surface area contributed by atoms with Crippen LogP contribution in [0.3, 0.4) is 0 Å². The summed E-state index contributed by atoms with van der Waals surface area (Å²) in [4.78, 5) is 4.48. The fraction of sp³-hybridized carbons (Fsp3) is 0.467. The number of anilines is 1. The van der Waals surface area contributed by atoms with Crippen LogP contribution in [-0.2, 0) is 5.41 Å². The van der Waals surface area contributed by atoms with Crippen LogP contribution >= 0.6 is 27.5 Å². The topological polar surface area (TPSA) is 42.7 Å². The lowest BCUT2D eigenvalue weighted by Crippen LogP contribution is -2.25. The number of aryl methyl sites for hydroxylation is 1. The monoisotopic (exact) mass is 366 g/mol.